The molecule has 2 atom stereocenters. The average Bonchev–Trinajstić information content (AvgIpc) is 3.10. The second-order valence-corrected chi connectivity index (χ2v) is 9.37. The number of nitrogens with zero attached hydrogens (tertiary/aromatic N) is 1. The molecule has 0 saturated carbocycles. The maximum absolute atomic E-state index is 14.0. The molecule has 0 unspecified atom stereocenters. The van der Waals surface area contributed by atoms with E-state index in [4.69, 9.17) is 11.6 Å². The highest BCUT2D eigenvalue weighted by atomic mass is 35.5. The molecule has 2 amide bonds. The lowest BCUT2D eigenvalue weighted by Crippen LogP contribution is -2.53. The van der Waals surface area contributed by atoms with E-state index in [2.05, 4.69) is 31.2 Å². The minimum absolute atomic E-state index is 0.0627. The second-order valence-electron chi connectivity index (χ2n) is 8.96. The summed E-state index contributed by atoms with van der Waals surface area (Å²) < 4.78 is 0. The summed E-state index contributed by atoms with van der Waals surface area (Å²) >= 11 is 6.05. The topological polar surface area (TPSA) is 74.7 Å². The summed E-state index contributed by atoms with van der Waals surface area (Å²) in [6.45, 7) is 2.07. The van der Waals surface area contributed by atoms with Gasteiger partial charge in [0.15, 0.2) is 0 Å². The van der Waals surface area contributed by atoms with Crippen LogP contribution in [-0.4, -0.2) is 22.9 Å². The van der Waals surface area contributed by atoms with Crippen molar-refractivity contribution in [3.63, 3.8) is 0 Å². The minimum atomic E-state index is -1.21. The number of hydrogen-bond acceptors (Lipinski definition) is 3. The van der Waals surface area contributed by atoms with Crippen molar-refractivity contribution in [2.24, 2.45) is 11.8 Å². The molecule has 5 nitrogen and oxygen atoms in total. The number of carbonyl (C=O) groups is 3. The van der Waals surface area contributed by atoms with E-state index in [1.54, 1.807) is 6.07 Å². The molecule has 1 aliphatic heterocycles. The summed E-state index contributed by atoms with van der Waals surface area (Å²) in [5, 5.41) is 9.57. The largest absolute Gasteiger partial charge is 0.478 e. The van der Waals surface area contributed by atoms with Crippen molar-refractivity contribution in [2.75, 3.05) is 4.90 Å². The predicted molar refractivity (Wildman–Crippen MR) is 124 cm³/mol. The number of rotatable bonds is 3. The lowest BCUT2D eigenvalue weighted by Gasteiger charge is -2.54. The van der Waals surface area contributed by atoms with Crippen molar-refractivity contribution >= 4 is 35.1 Å². The molecular weight excluding hydrogens is 438 g/mol. The van der Waals surface area contributed by atoms with Crippen LogP contribution in [0.5, 0.6) is 0 Å². The van der Waals surface area contributed by atoms with E-state index < -0.39 is 23.2 Å². The second kappa shape index (κ2) is 6.78. The summed E-state index contributed by atoms with van der Waals surface area (Å²) in [5.41, 5.74) is 3.93. The fourth-order valence-corrected chi connectivity index (χ4v) is 6.80. The van der Waals surface area contributed by atoms with E-state index in [1.165, 1.54) is 17.0 Å². The molecule has 0 radical (unpaired) electrons. The number of carboxylic acids is 1. The van der Waals surface area contributed by atoms with E-state index in [0.29, 0.717) is 6.42 Å². The molecule has 33 heavy (non-hydrogen) atoms. The van der Waals surface area contributed by atoms with Gasteiger partial charge in [0, 0.05) is 11.3 Å². The normalized spacial score (nSPS) is 26.7. The molecule has 2 bridgehead atoms. The van der Waals surface area contributed by atoms with Crippen molar-refractivity contribution in [1.29, 1.82) is 0 Å². The standard InChI is InChI=1S/C27H20ClNO4/c1-2-27-18-9-5-3-7-15(18)21(16-8-4-6-10-19(16)27)22-23(27)25(31)29(24(22)30)14-11-12-20(28)17(13-14)26(32)33/h3-13,21-23H,2H2,1H3,(H,32,33)/t21?,22-,23-,27?/m0/s1. The molecule has 7 rings (SSSR count). The number of halogens is 1. The van der Waals surface area contributed by atoms with Crippen molar-refractivity contribution in [1.82, 2.24) is 0 Å². The molecule has 3 aromatic rings. The zero-order valence-corrected chi connectivity index (χ0v) is 18.5. The van der Waals surface area contributed by atoms with Gasteiger partial charge in [-0.2, -0.15) is 0 Å². The average molecular weight is 458 g/mol. The van der Waals surface area contributed by atoms with Gasteiger partial charge < -0.3 is 5.11 Å². The summed E-state index contributed by atoms with van der Waals surface area (Å²) in [6.07, 6.45) is 0.669. The first-order chi connectivity index (χ1) is 15.9. The molecular formula is C27H20ClNO4. The van der Waals surface area contributed by atoms with Crippen LogP contribution in [0, 0.1) is 11.8 Å². The third kappa shape index (κ3) is 2.35. The Labute approximate surface area is 195 Å². The number of imide groups is 1. The Balaban J connectivity index is 1.60. The molecule has 164 valence electrons. The fraction of sp³-hybridized carbons (Fsp3) is 0.222. The Bertz CT molecular complexity index is 1330. The van der Waals surface area contributed by atoms with Crippen LogP contribution >= 0.6 is 11.6 Å². The van der Waals surface area contributed by atoms with Gasteiger partial charge in [-0.05, 0) is 46.9 Å². The molecule has 1 heterocycles. The van der Waals surface area contributed by atoms with Gasteiger partial charge in [0.2, 0.25) is 11.8 Å². The van der Waals surface area contributed by atoms with Crippen LogP contribution in [0.4, 0.5) is 5.69 Å². The fourth-order valence-electron chi connectivity index (χ4n) is 6.60. The first-order valence-electron chi connectivity index (χ1n) is 11.0. The summed E-state index contributed by atoms with van der Waals surface area (Å²) in [4.78, 5) is 40.8. The number of carboxylic acid groups (broad SMARTS) is 1. The molecule has 1 N–H and O–H groups in total. The van der Waals surface area contributed by atoms with Gasteiger partial charge in [0.25, 0.3) is 0 Å². The lowest BCUT2D eigenvalue weighted by atomic mass is 9.46. The Morgan fingerprint density at radius 2 is 1.58 bits per heavy atom. The van der Waals surface area contributed by atoms with Crippen LogP contribution in [0.25, 0.3) is 0 Å². The van der Waals surface area contributed by atoms with E-state index in [0.717, 1.165) is 22.3 Å². The SMILES string of the molecule is CCC12c3ccccc3C(c3ccccc31)[C@@H]1C(=O)N(c3ccc(Cl)c(C(=O)O)c3)C(=O)[C@H]12. The number of carbonyl (C=O) groups excluding carboxylic acids is 2. The Kier molecular flexibility index (Phi) is 4.15. The molecule has 0 aromatic heterocycles. The van der Waals surface area contributed by atoms with Crippen molar-refractivity contribution in [3.8, 4) is 0 Å². The zero-order valence-electron chi connectivity index (χ0n) is 17.8. The number of benzene rings is 3. The molecule has 0 spiro atoms. The van der Waals surface area contributed by atoms with E-state index in [1.807, 2.05) is 24.3 Å². The molecule has 3 aliphatic carbocycles. The maximum Gasteiger partial charge on any atom is 0.337 e. The highest BCUT2D eigenvalue weighted by molar-refractivity contribution is 6.34. The van der Waals surface area contributed by atoms with Crippen LogP contribution in [0.15, 0.2) is 66.7 Å². The van der Waals surface area contributed by atoms with E-state index in [9.17, 15) is 19.5 Å². The number of hydrogen-bond donors (Lipinski definition) is 1. The van der Waals surface area contributed by atoms with E-state index >= 15 is 0 Å². The quantitative estimate of drug-likeness (QED) is 0.562. The molecule has 3 aromatic carbocycles. The van der Waals surface area contributed by atoms with E-state index in [-0.39, 0.29) is 34.0 Å². The maximum atomic E-state index is 14.0. The van der Waals surface area contributed by atoms with Gasteiger partial charge in [-0.3, -0.25) is 9.59 Å². The zero-order chi connectivity index (χ0) is 23.1. The molecule has 1 saturated heterocycles. The van der Waals surface area contributed by atoms with Gasteiger partial charge >= 0.3 is 5.97 Å². The Morgan fingerprint density at radius 1 is 0.970 bits per heavy atom. The number of anilines is 1. The van der Waals surface area contributed by atoms with Gasteiger partial charge in [-0.15, -0.1) is 0 Å². The summed E-state index contributed by atoms with van der Waals surface area (Å²) in [7, 11) is 0. The van der Waals surface area contributed by atoms with Crippen LogP contribution in [-0.2, 0) is 15.0 Å². The minimum Gasteiger partial charge on any atom is -0.478 e. The van der Waals surface area contributed by atoms with Gasteiger partial charge in [-0.1, -0.05) is 67.1 Å². The van der Waals surface area contributed by atoms with Crippen LogP contribution in [0.2, 0.25) is 5.02 Å². The summed E-state index contributed by atoms with van der Waals surface area (Å²) in [5.74, 6) is -3.07. The van der Waals surface area contributed by atoms with Crippen molar-refractivity contribution in [3.05, 3.63) is 99.6 Å². The van der Waals surface area contributed by atoms with Crippen LogP contribution < -0.4 is 4.90 Å². The number of aromatic carboxylic acids is 1. The van der Waals surface area contributed by atoms with Crippen LogP contribution in [0.1, 0.15) is 51.9 Å². The highest BCUT2D eigenvalue weighted by Crippen LogP contribution is 2.65. The van der Waals surface area contributed by atoms with Gasteiger partial charge in [-0.25, -0.2) is 9.69 Å². The monoisotopic (exact) mass is 457 g/mol. The number of amides is 2. The third-order valence-corrected chi connectivity index (χ3v) is 8.12. The predicted octanol–water partition coefficient (Wildman–Crippen LogP) is 5.00. The van der Waals surface area contributed by atoms with Gasteiger partial charge in [0.05, 0.1) is 28.1 Å². The van der Waals surface area contributed by atoms with Crippen molar-refractivity contribution < 1.29 is 19.5 Å². The first-order valence-corrected chi connectivity index (χ1v) is 11.4. The molecule has 6 heteroatoms. The Hall–Kier alpha value is -3.44. The third-order valence-electron chi connectivity index (χ3n) is 7.79. The molecule has 1 fully saturated rings. The first kappa shape index (κ1) is 20.2. The lowest BCUT2D eigenvalue weighted by molar-refractivity contribution is -0.123. The van der Waals surface area contributed by atoms with Crippen molar-refractivity contribution in [2.45, 2.75) is 24.7 Å². The van der Waals surface area contributed by atoms with Gasteiger partial charge in [0.1, 0.15) is 0 Å². The highest BCUT2D eigenvalue weighted by Gasteiger charge is 2.67. The van der Waals surface area contributed by atoms with Crippen LogP contribution in [0.3, 0.4) is 0 Å². The molecule has 4 aliphatic rings. The Morgan fingerprint density at radius 3 is 2.15 bits per heavy atom. The summed E-state index contributed by atoms with van der Waals surface area (Å²) in [6, 6.07) is 20.6. The smallest absolute Gasteiger partial charge is 0.337 e.